The van der Waals surface area contributed by atoms with Gasteiger partial charge in [0.1, 0.15) is 9.71 Å². The second-order valence-corrected chi connectivity index (χ2v) is 9.91. The van der Waals surface area contributed by atoms with Crippen molar-refractivity contribution in [2.24, 2.45) is 0 Å². The van der Waals surface area contributed by atoms with Crippen molar-refractivity contribution in [1.82, 2.24) is 14.9 Å². The van der Waals surface area contributed by atoms with Gasteiger partial charge in [-0.3, -0.25) is 9.69 Å². The molecule has 0 bridgehead atoms. The Morgan fingerprint density at radius 3 is 2.73 bits per heavy atom. The van der Waals surface area contributed by atoms with E-state index in [1.54, 1.807) is 17.3 Å². The zero-order chi connectivity index (χ0) is 23.3. The molecule has 1 N–H and O–H groups in total. The lowest BCUT2D eigenvalue weighted by Crippen LogP contribution is -2.37. The Hall–Kier alpha value is -3.20. The molecule has 1 saturated carbocycles. The van der Waals surface area contributed by atoms with E-state index < -0.39 is 0 Å². The van der Waals surface area contributed by atoms with E-state index in [2.05, 4.69) is 15.3 Å². The van der Waals surface area contributed by atoms with E-state index in [1.165, 1.54) is 11.3 Å². The standard InChI is InChI=1S/C24H27N5O3S/c1-13(2)32-18-11-14(3)17(12-26-18)29-16-9-10-25-22-19(16)20(27-24(29)31)21(33-22)23(30)28(4)15-7-5-6-8-15/h9-13,15H,5-8H2,1-4H3,(H,27,31). The van der Waals surface area contributed by atoms with Crippen LogP contribution in [0.3, 0.4) is 0 Å². The molecule has 0 saturated heterocycles. The molecule has 33 heavy (non-hydrogen) atoms. The molecular weight excluding hydrogens is 438 g/mol. The van der Waals surface area contributed by atoms with E-state index in [4.69, 9.17) is 4.74 Å². The van der Waals surface area contributed by atoms with Gasteiger partial charge in [-0.05, 0) is 45.2 Å². The fourth-order valence-electron chi connectivity index (χ4n) is 4.65. The molecule has 5 rings (SSSR count). The van der Waals surface area contributed by atoms with Crippen LogP contribution < -0.4 is 15.0 Å². The summed E-state index contributed by atoms with van der Waals surface area (Å²) in [5.41, 5.74) is 2.76. The molecule has 1 aliphatic carbocycles. The molecule has 0 unspecified atom stereocenters. The Labute approximate surface area is 196 Å². The molecule has 1 fully saturated rings. The zero-order valence-corrected chi connectivity index (χ0v) is 20.0. The van der Waals surface area contributed by atoms with Crippen LogP contribution >= 0.6 is 11.3 Å². The molecule has 0 atom stereocenters. The van der Waals surface area contributed by atoms with Crippen LogP contribution in [0.15, 0.2) is 24.5 Å². The van der Waals surface area contributed by atoms with Gasteiger partial charge in [-0.25, -0.2) is 14.8 Å². The van der Waals surface area contributed by atoms with Crippen LogP contribution in [0, 0.1) is 6.92 Å². The summed E-state index contributed by atoms with van der Waals surface area (Å²) in [7, 11) is 1.86. The van der Waals surface area contributed by atoms with E-state index in [9.17, 15) is 9.59 Å². The maximum Gasteiger partial charge on any atom is 0.331 e. The minimum atomic E-state index is -0.326. The van der Waals surface area contributed by atoms with Crippen LogP contribution in [-0.4, -0.2) is 46.0 Å². The number of aryl methyl sites for hydroxylation is 1. The molecule has 3 amide bonds. The van der Waals surface area contributed by atoms with Crippen molar-refractivity contribution in [2.75, 3.05) is 17.3 Å². The third kappa shape index (κ3) is 3.70. The van der Waals surface area contributed by atoms with Gasteiger partial charge in [-0.2, -0.15) is 0 Å². The second kappa shape index (κ2) is 8.30. The average molecular weight is 466 g/mol. The van der Waals surface area contributed by atoms with E-state index in [-0.39, 0.29) is 24.1 Å². The quantitative estimate of drug-likeness (QED) is 0.539. The number of rotatable bonds is 5. The van der Waals surface area contributed by atoms with Crippen molar-refractivity contribution >= 4 is 50.6 Å². The summed E-state index contributed by atoms with van der Waals surface area (Å²) in [5.74, 6) is 0.454. The highest BCUT2D eigenvalue weighted by molar-refractivity contribution is 7.21. The summed E-state index contributed by atoms with van der Waals surface area (Å²) in [6.45, 7) is 5.81. The normalized spacial score (nSPS) is 15.9. The Morgan fingerprint density at radius 1 is 1.27 bits per heavy atom. The number of nitrogens with one attached hydrogen (secondary N) is 1. The first kappa shape index (κ1) is 21.6. The molecule has 0 aromatic carbocycles. The average Bonchev–Trinajstić information content (AvgIpc) is 3.43. The number of carbonyl (C=O) groups is 2. The highest BCUT2D eigenvalue weighted by Crippen LogP contribution is 2.46. The van der Waals surface area contributed by atoms with E-state index in [0.717, 1.165) is 41.5 Å². The molecule has 3 aromatic rings. The number of ether oxygens (including phenoxy) is 1. The maximum atomic E-state index is 13.4. The number of urea groups is 1. The predicted molar refractivity (Wildman–Crippen MR) is 130 cm³/mol. The van der Waals surface area contributed by atoms with E-state index in [1.807, 2.05) is 44.9 Å². The molecule has 0 spiro atoms. The number of thiophene rings is 1. The topological polar surface area (TPSA) is 87.7 Å². The summed E-state index contributed by atoms with van der Waals surface area (Å²) in [4.78, 5) is 40.3. The fourth-order valence-corrected chi connectivity index (χ4v) is 5.76. The fraction of sp³-hybridized carbons (Fsp3) is 0.417. The van der Waals surface area contributed by atoms with E-state index in [0.29, 0.717) is 27.8 Å². The van der Waals surface area contributed by atoms with Gasteiger partial charge in [0.05, 0.1) is 34.7 Å². The molecule has 8 nitrogen and oxygen atoms in total. The Bertz CT molecular complexity index is 1250. The number of anilines is 3. The Balaban J connectivity index is 1.57. The smallest absolute Gasteiger partial charge is 0.331 e. The van der Waals surface area contributed by atoms with E-state index >= 15 is 0 Å². The Kier molecular flexibility index (Phi) is 5.44. The largest absolute Gasteiger partial charge is 0.475 e. The van der Waals surface area contributed by atoms with Crippen LogP contribution in [-0.2, 0) is 0 Å². The van der Waals surface area contributed by atoms with Crippen molar-refractivity contribution in [3.05, 3.63) is 35.0 Å². The second-order valence-electron chi connectivity index (χ2n) is 8.91. The van der Waals surface area contributed by atoms with Gasteiger partial charge >= 0.3 is 6.03 Å². The first-order valence-electron chi connectivity index (χ1n) is 11.3. The van der Waals surface area contributed by atoms with Gasteiger partial charge in [0.25, 0.3) is 5.91 Å². The summed E-state index contributed by atoms with van der Waals surface area (Å²) >= 11 is 1.33. The number of carbonyl (C=O) groups excluding carboxylic acids is 2. The van der Waals surface area contributed by atoms with Crippen molar-refractivity contribution < 1.29 is 14.3 Å². The van der Waals surface area contributed by atoms with Crippen molar-refractivity contribution in [3.8, 4) is 5.88 Å². The van der Waals surface area contributed by atoms with Gasteiger partial charge in [-0.1, -0.05) is 12.8 Å². The molecule has 0 radical (unpaired) electrons. The molecule has 4 heterocycles. The minimum absolute atomic E-state index is 0.00699. The first-order chi connectivity index (χ1) is 15.8. The summed E-state index contributed by atoms with van der Waals surface area (Å²) in [6, 6.07) is 3.56. The number of nitrogens with zero attached hydrogens (tertiary/aromatic N) is 4. The van der Waals surface area contributed by atoms with Crippen LogP contribution in [0.5, 0.6) is 5.88 Å². The summed E-state index contributed by atoms with van der Waals surface area (Å²) < 4.78 is 5.69. The summed E-state index contributed by atoms with van der Waals surface area (Å²) in [6.07, 6.45) is 7.67. The monoisotopic (exact) mass is 465 g/mol. The van der Waals surface area contributed by atoms with Gasteiger partial charge < -0.3 is 15.0 Å². The lowest BCUT2D eigenvalue weighted by atomic mass is 10.1. The van der Waals surface area contributed by atoms with Crippen molar-refractivity contribution in [1.29, 1.82) is 0 Å². The number of hydrogen-bond donors (Lipinski definition) is 1. The number of aromatic nitrogens is 2. The van der Waals surface area contributed by atoms with Crippen LogP contribution in [0.25, 0.3) is 10.2 Å². The lowest BCUT2D eigenvalue weighted by Gasteiger charge is -2.30. The van der Waals surface area contributed by atoms with Gasteiger partial charge in [-0.15, -0.1) is 11.3 Å². The SMILES string of the molecule is Cc1cc(OC(C)C)ncc1N1C(=O)Nc2c(C(=O)N(C)C3CCCC3)sc3nccc1c23. The van der Waals surface area contributed by atoms with Gasteiger partial charge in [0.2, 0.25) is 5.88 Å². The van der Waals surface area contributed by atoms with Crippen LogP contribution in [0.4, 0.5) is 21.9 Å². The minimum Gasteiger partial charge on any atom is -0.475 e. The highest BCUT2D eigenvalue weighted by atomic mass is 32.1. The van der Waals surface area contributed by atoms with Crippen molar-refractivity contribution in [3.63, 3.8) is 0 Å². The van der Waals surface area contributed by atoms with Crippen LogP contribution in [0.1, 0.15) is 54.8 Å². The van der Waals surface area contributed by atoms with Crippen LogP contribution in [0.2, 0.25) is 0 Å². The first-order valence-corrected chi connectivity index (χ1v) is 12.1. The van der Waals surface area contributed by atoms with Crippen molar-refractivity contribution in [2.45, 2.75) is 58.6 Å². The molecule has 9 heteroatoms. The molecule has 172 valence electrons. The number of amides is 3. The summed E-state index contributed by atoms with van der Waals surface area (Å²) in [5, 5.41) is 3.76. The molecular formula is C24H27N5O3S. The third-order valence-electron chi connectivity index (χ3n) is 6.29. The third-order valence-corrected chi connectivity index (χ3v) is 7.37. The maximum absolute atomic E-state index is 13.4. The predicted octanol–water partition coefficient (Wildman–Crippen LogP) is 5.49. The number of pyridine rings is 2. The lowest BCUT2D eigenvalue weighted by molar-refractivity contribution is 0.0741. The zero-order valence-electron chi connectivity index (χ0n) is 19.2. The molecule has 3 aromatic heterocycles. The Morgan fingerprint density at radius 2 is 2.03 bits per heavy atom. The highest BCUT2D eigenvalue weighted by Gasteiger charge is 2.35. The number of hydrogen-bond acceptors (Lipinski definition) is 6. The van der Waals surface area contributed by atoms with Gasteiger partial charge in [0, 0.05) is 25.4 Å². The van der Waals surface area contributed by atoms with Gasteiger partial charge in [0.15, 0.2) is 0 Å². The molecule has 2 aliphatic rings. The molecule has 1 aliphatic heterocycles.